The summed E-state index contributed by atoms with van der Waals surface area (Å²) in [4.78, 5) is 12.3. The molecular weight excluding hydrogens is 310 g/mol. The molecule has 25 heavy (non-hydrogen) atoms. The summed E-state index contributed by atoms with van der Waals surface area (Å²) in [5.41, 5.74) is 2.97. The number of hydrogen-bond donors (Lipinski definition) is 1. The molecule has 0 saturated heterocycles. The molecule has 2 rings (SSSR count). The molecule has 2 aromatic rings. The van der Waals surface area contributed by atoms with Crippen LogP contribution in [0.3, 0.4) is 0 Å². The minimum absolute atomic E-state index is 0.00832. The summed E-state index contributed by atoms with van der Waals surface area (Å²) in [6.45, 7) is 4.97. The predicted octanol–water partition coefficient (Wildman–Crippen LogP) is 5.53. The molecular formula is C22H29NO2. The minimum atomic E-state index is -0.00832. The van der Waals surface area contributed by atoms with Crippen LogP contribution in [-0.2, 0) is 11.2 Å². The highest BCUT2D eigenvalue weighted by Crippen LogP contribution is 2.18. The number of aryl methyl sites for hydroxylation is 1. The van der Waals surface area contributed by atoms with E-state index in [0.717, 1.165) is 35.6 Å². The quantitative estimate of drug-likeness (QED) is 0.578. The summed E-state index contributed by atoms with van der Waals surface area (Å²) in [6, 6.07) is 15.6. The topological polar surface area (TPSA) is 38.3 Å². The Kier molecular flexibility index (Phi) is 8.03. The van der Waals surface area contributed by atoms with Crippen molar-refractivity contribution >= 4 is 11.6 Å². The summed E-state index contributed by atoms with van der Waals surface area (Å²) < 4.78 is 5.79. The fourth-order valence-corrected chi connectivity index (χ4v) is 2.75. The first kappa shape index (κ1) is 19.0. The van der Waals surface area contributed by atoms with Gasteiger partial charge in [-0.2, -0.15) is 0 Å². The van der Waals surface area contributed by atoms with E-state index < -0.39 is 0 Å². The number of carbonyl (C=O) groups is 1. The van der Waals surface area contributed by atoms with Gasteiger partial charge in [-0.05, 0) is 36.6 Å². The number of ether oxygens (including phenoxy) is 1. The van der Waals surface area contributed by atoms with Crippen molar-refractivity contribution < 1.29 is 9.53 Å². The van der Waals surface area contributed by atoms with Gasteiger partial charge in [0.2, 0.25) is 5.91 Å². The zero-order valence-corrected chi connectivity index (χ0v) is 15.4. The number of hydrogen-bond acceptors (Lipinski definition) is 2. The summed E-state index contributed by atoms with van der Waals surface area (Å²) in [6.07, 6.45) is 6.49. The average molecular weight is 339 g/mol. The van der Waals surface area contributed by atoms with E-state index >= 15 is 0 Å². The van der Waals surface area contributed by atoms with Crippen LogP contribution in [0.4, 0.5) is 5.69 Å². The van der Waals surface area contributed by atoms with Gasteiger partial charge in [0.15, 0.2) is 0 Å². The first-order valence-electron chi connectivity index (χ1n) is 9.26. The van der Waals surface area contributed by atoms with E-state index in [1.165, 1.54) is 25.7 Å². The van der Waals surface area contributed by atoms with Crippen molar-refractivity contribution in [2.75, 3.05) is 11.9 Å². The van der Waals surface area contributed by atoms with Crippen molar-refractivity contribution in [3.8, 4) is 5.75 Å². The first-order chi connectivity index (χ1) is 12.2. The Bertz CT molecular complexity index is 667. The van der Waals surface area contributed by atoms with Crippen LogP contribution in [0, 0.1) is 6.92 Å². The summed E-state index contributed by atoms with van der Waals surface area (Å²) >= 11 is 0. The van der Waals surface area contributed by atoms with E-state index in [2.05, 4.69) is 12.2 Å². The van der Waals surface area contributed by atoms with Crippen LogP contribution in [0.1, 0.15) is 50.2 Å². The van der Waals surface area contributed by atoms with Crippen LogP contribution in [0.15, 0.2) is 48.5 Å². The molecule has 0 aliphatic rings. The monoisotopic (exact) mass is 339 g/mol. The fraction of sp³-hybridized carbons (Fsp3) is 0.409. The van der Waals surface area contributed by atoms with Gasteiger partial charge < -0.3 is 10.1 Å². The average Bonchev–Trinajstić information content (AvgIpc) is 2.60. The smallest absolute Gasteiger partial charge is 0.228 e. The minimum Gasteiger partial charge on any atom is -0.494 e. The standard InChI is InChI=1S/C22H29NO2/c1-3-4-5-6-9-15-25-21-14-10-13-20(17-21)23-22(24)16-19-12-8-7-11-18(19)2/h7-8,10-14,17H,3-6,9,15-16H2,1-2H3,(H,23,24). The van der Waals surface area contributed by atoms with Gasteiger partial charge in [0.25, 0.3) is 0 Å². The Morgan fingerprint density at radius 2 is 1.80 bits per heavy atom. The number of anilines is 1. The van der Waals surface area contributed by atoms with Crippen LogP contribution >= 0.6 is 0 Å². The highest BCUT2D eigenvalue weighted by Gasteiger charge is 2.06. The molecule has 0 bridgehead atoms. The zero-order chi connectivity index (χ0) is 17.9. The van der Waals surface area contributed by atoms with Gasteiger partial charge in [0.1, 0.15) is 5.75 Å². The van der Waals surface area contributed by atoms with E-state index in [1.807, 2.05) is 55.5 Å². The molecule has 0 fully saturated rings. The first-order valence-corrected chi connectivity index (χ1v) is 9.26. The molecule has 0 saturated carbocycles. The van der Waals surface area contributed by atoms with Gasteiger partial charge in [0.05, 0.1) is 13.0 Å². The zero-order valence-electron chi connectivity index (χ0n) is 15.4. The molecule has 0 spiro atoms. The van der Waals surface area contributed by atoms with E-state index in [9.17, 15) is 4.79 Å². The third kappa shape index (κ3) is 7.00. The maximum Gasteiger partial charge on any atom is 0.228 e. The van der Waals surface area contributed by atoms with Crippen LogP contribution in [0.25, 0.3) is 0 Å². The van der Waals surface area contributed by atoms with E-state index in [0.29, 0.717) is 6.42 Å². The molecule has 0 aliphatic heterocycles. The summed E-state index contributed by atoms with van der Waals surface area (Å²) in [5.74, 6) is 0.801. The molecule has 0 aliphatic carbocycles. The lowest BCUT2D eigenvalue weighted by molar-refractivity contribution is -0.115. The molecule has 0 atom stereocenters. The van der Waals surface area contributed by atoms with Crippen molar-refractivity contribution in [1.29, 1.82) is 0 Å². The van der Waals surface area contributed by atoms with Crippen molar-refractivity contribution in [2.45, 2.75) is 52.4 Å². The molecule has 134 valence electrons. The molecule has 0 heterocycles. The normalized spacial score (nSPS) is 10.5. The lowest BCUT2D eigenvalue weighted by Gasteiger charge is -2.10. The molecule has 1 amide bonds. The van der Waals surface area contributed by atoms with Gasteiger partial charge in [-0.25, -0.2) is 0 Å². The van der Waals surface area contributed by atoms with Crippen LogP contribution in [0.2, 0.25) is 0 Å². The predicted molar refractivity (Wildman–Crippen MR) is 104 cm³/mol. The van der Waals surface area contributed by atoms with Crippen LogP contribution in [0.5, 0.6) is 5.75 Å². The van der Waals surface area contributed by atoms with Crippen molar-refractivity contribution in [3.05, 3.63) is 59.7 Å². The van der Waals surface area contributed by atoms with Gasteiger partial charge in [-0.15, -0.1) is 0 Å². The number of carbonyl (C=O) groups excluding carboxylic acids is 1. The van der Waals surface area contributed by atoms with E-state index in [1.54, 1.807) is 0 Å². The molecule has 3 nitrogen and oxygen atoms in total. The molecule has 3 heteroatoms. The third-order valence-corrected chi connectivity index (χ3v) is 4.25. The number of nitrogens with one attached hydrogen (secondary N) is 1. The number of rotatable bonds is 10. The lowest BCUT2D eigenvalue weighted by atomic mass is 10.1. The van der Waals surface area contributed by atoms with Gasteiger partial charge in [0, 0.05) is 11.8 Å². The Morgan fingerprint density at radius 1 is 1.00 bits per heavy atom. The molecule has 0 unspecified atom stereocenters. The van der Waals surface area contributed by atoms with E-state index in [-0.39, 0.29) is 5.91 Å². The lowest BCUT2D eigenvalue weighted by Crippen LogP contribution is -2.15. The maximum atomic E-state index is 12.3. The van der Waals surface area contributed by atoms with Gasteiger partial charge in [-0.3, -0.25) is 4.79 Å². The second-order valence-electron chi connectivity index (χ2n) is 6.44. The second-order valence-corrected chi connectivity index (χ2v) is 6.44. The Hall–Kier alpha value is -2.29. The van der Waals surface area contributed by atoms with Crippen LogP contribution in [-0.4, -0.2) is 12.5 Å². The Balaban J connectivity index is 1.80. The maximum absolute atomic E-state index is 12.3. The number of amides is 1. The van der Waals surface area contributed by atoms with Gasteiger partial charge in [-0.1, -0.05) is 62.9 Å². The highest BCUT2D eigenvalue weighted by atomic mass is 16.5. The number of unbranched alkanes of at least 4 members (excludes halogenated alkanes) is 4. The number of benzene rings is 2. The fourth-order valence-electron chi connectivity index (χ4n) is 2.75. The van der Waals surface area contributed by atoms with E-state index in [4.69, 9.17) is 4.74 Å². The molecule has 1 N–H and O–H groups in total. The Labute approximate surface area is 151 Å². The van der Waals surface area contributed by atoms with Crippen molar-refractivity contribution in [3.63, 3.8) is 0 Å². The molecule has 2 aromatic carbocycles. The van der Waals surface area contributed by atoms with Crippen molar-refractivity contribution in [1.82, 2.24) is 0 Å². The molecule has 0 radical (unpaired) electrons. The molecule has 0 aromatic heterocycles. The Morgan fingerprint density at radius 3 is 2.60 bits per heavy atom. The summed E-state index contributed by atoms with van der Waals surface area (Å²) in [5, 5.41) is 2.96. The van der Waals surface area contributed by atoms with Crippen molar-refractivity contribution in [2.24, 2.45) is 0 Å². The summed E-state index contributed by atoms with van der Waals surface area (Å²) in [7, 11) is 0. The second kappa shape index (κ2) is 10.5. The van der Waals surface area contributed by atoms with Crippen LogP contribution < -0.4 is 10.1 Å². The SMILES string of the molecule is CCCCCCCOc1cccc(NC(=O)Cc2ccccc2C)c1. The highest BCUT2D eigenvalue weighted by molar-refractivity contribution is 5.92. The third-order valence-electron chi connectivity index (χ3n) is 4.25. The van der Waals surface area contributed by atoms with Gasteiger partial charge >= 0.3 is 0 Å². The largest absolute Gasteiger partial charge is 0.494 e.